The molecule has 6 heteroatoms. The zero-order valence-electron chi connectivity index (χ0n) is 12.9. The quantitative estimate of drug-likeness (QED) is 0.531. The van der Waals surface area contributed by atoms with Gasteiger partial charge in [0.2, 0.25) is 0 Å². The number of nitrogens with one attached hydrogen (secondary N) is 1. The summed E-state index contributed by atoms with van der Waals surface area (Å²) in [6.45, 7) is 1.69. The van der Waals surface area contributed by atoms with Gasteiger partial charge in [0, 0.05) is 6.42 Å². The summed E-state index contributed by atoms with van der Waals surface area (Å²) in [5.41, 5.74) is 10.2. The molecule has 0 radical (unpaired) electrons. The molecule has 0 amide bonds. The highest BCUT2D eigenvalue weighted by Crippen LogP contribution is 2.15. The molecular weight excluding hydrogens is 296 g/mol. The zero-order valence-corrected chi connectivity index (χ0v) is 12.9. The van der Waals surface area contributed by atoms with Crippen LogP contribution in [0.1, 0.15) is 11.1 Å². The Morgan fingerprint density at radius 1 is 1.22 bits per heavy atom. The number of phenols is 1. The number of carbonyl (C=O) groups excluding carboxylic acids is 1. The highest BCUT2D eigenvalue weighted by atomic mass is 16.7. The fourth-order valence-electron chi connectivity index (χ4n) is 1.95. The van der Waals surface area contributed by atoms with Crippen LogP contribution >= 0.6 is 0 Å². The number of ether oxygens (including phenoxy) is 1. The molecule has 0 aliphatic rings. The van der Waals surface area contributed by atoms with Crippen molar-refractivity contribution in [2.45, 2.75) is 19.5 Å². The second-order valence-electron chi connectivity index (χ2n) is 5.12. The Kier molecular flexibility index (Phi) is 5.96. The summed E-state index contributed by atoms with van der Waals surface area (Å²) in [5, 5.41) is 9.21. The fraction of sp³-hybridized carbons (Fsp3) is 0.235. The van der Waals surface area contributed by atoms with Gasteiger partial charge in [0.15, 0.2) is 6.61 Å². The van der Waals surface area contributed by atoms with Crippen molar-refractivity contribution in [1.29, 1.82) is 0 Å². The summed E-state index contributed by atoms with van der Waals surface area (Å²) < 4.78 is 5.38. The number of hydrogen-bond acceptors (Lipinski definition) is 6. The topological polar surface area (TPSA) is 93.8 Å². The molecule has 0 aliphatic heterocycles. The molecule has 0 aliphatic carbocycles. The van der Waals surface area contributed by atoms with Crippen LogP contribution in [0, 0.1) is 6.92 Å². The van der Waals surface area contributed by atoms with Crippen molar-refractivity contribution >= 4 is 5.97 Å². The predicted octanol–water partition coefficient (Wildman–Crippen LogP) is 1.65. The van der Waals surface area contributed by atoms with Crippen LogP contribution in [0.5, 0.6) is 11.5 Å². The maximum atomic E-state index is 11.6. The fourth-order valence-corrected chi connectivity index (χ4v) is 1.95. The lowest BCUT2D eigenvalue weighted by atomic mass is 10.1. The number of nitrogens with two attached hydrogens (primary N) is 1. The van der Waals surface area contributed by atoms with Crippen molar-refractivity contribution < 1.29 is 19.5 Å². The van der Waals surface area contributed by atoms with Crippen molar-refractivity contribution in [3.05, 3.63) is 59.7 Å². The third-order valence-electron chi connectivity index (χ3n) is 3.16. The molecule has 23 heavy (non-hydrogen) atoms. The van der Waals surface area contributed by atoms with Crippen LogP contribution in [-0.4, -0.2) is 23.8 Å². The Labute approximate surface area is 134 Å². The number of para-hydroxylation sites is 1. The molecule has 2 rings (SSSR count). The average Bonchev–Trinajstić information content (AvgIpc) is 2.54. The SMILES string of the molecule is Cc1ccccc1OCC(=O)ON[C@H](N)Cc1ccc(O)cc1. The molecule has 0 bridgehead atoms. The van der Waals surface area contributed by atoms with Gasteiger partial charge in [0.1, 0.15) is 11.5 Å². The van der Waals surface area contributed by atoms with E-state index < -0.39 is 12.1 Å². The van der Waals surface area contributed by atoms with E-state index in [4.69, 9.17) is 15.3 Å². The van der Waals surface area contributed by atoms with Crippen molar-refractivity contribution in [3.8, 4) is 11.5 Å². The average molecular weight is 316 g/mol. The summed E-state index contributed by atoms with van der Waals surface area (Å²) in [5.74, 6) is 0.266. The van der Waals surface area contributed by atoms with Gasteiger partial charge >= 0.3 is 5.97 Å². The molecule has 2 aromatic rings. The Balaban J connectivity index is 1.71. The number of hydrogen-bond donors (Lipinski definition) is 3. The molecule has 6 nitrogen and oxygen atoms in total. The van der Waals surface area contributed by atoms with E-state index in [0.29, 0.717) is 12.2 Å². The smallest absolute Gasteiger partial charge is 0.362 e. The molecule has 0 aromatic heterocycles. The van der Waals surface area contributed by atoms with E-state index in [-0.39, 0.29) is 12.4 Å². The zero-order chi connectivity index (χ0) is 16.7. The maximum Gasteiger partial charge on any atom is 0.362 e. The van der Waals surface area contributed by atoms with Crippen molar-refractivity contribution in [1.82, 2.24) is 5.48 Å². The largest absolute Gasteiger partial charge is 0.508 e. The summed E-state index contributed by atoms with van der Waals surface area (Å²) in [4.78, 5) is 16.5. The standard InChI is InChI=1S/C17H20N2O4/c1-12-4-2-3-5-15(12)22-11-17(21)23-19-16(18)10-13-6-8-14(20)9-7-13/h2-9,16,19-20H,10-11,18H2,1H3/t16-/m0/s1. The Bertz CT molecular complexity index is 643. The number of hydroxylamine groups is 1. The molecule has 0 heterocycles. The van der Waals surface area contributed by atoms with E-state index in [9.17, 15) is 9.90 Å². The summed E-state index contributed by atoms with van der Waals surface area (Å²) >= 11 is 0. The molecule has 2 aromatic carbocycles. The lowest BCUT2D eigenvalue weighted by Gasteiger charge is -2.14. The molecule has 1 atom stereocenters. The molecule has 0 spiro atoms. The van der Waals surface area contributed by atoms with E-state index in [1.165, 1.54) is 0 Å². The van der Waals surface area contributed by atoms with Gasteiger partial charge in [-0.05, 0) is 36.2 Å². The van der Waals surface area contributed by atoms with E-state index >= 15 is 0 Å². The molecule has 0 saturated carbocycles. The molecule has 4 N–H and O–H groups in total. The highest BCUT2D eigenvalue weighted by molar-refractivity contribution is 5.70. The van der Waals surface area contributed by atoms with Crippen LogP contribution in [0.25, 0.3) is 0 Å². The minimum Gasteiger partial charge on any atom is -0.508 e. The summed E-state index contributed by atoms with van der Waals surface area (Å²) in [6, 6.07) is 14.1. The van der Waals surface area contributed by atoms with E-state index in [2.05, 4.69) is 5.48 Å². The molecule has 0 fully saturated rings. The first-order valence-corrected chi connectivity index (χ1v) is 7.21. The number of benzene rings is 2. The van der Waals surface area contributed by atoms with Gasteiger partial charge in [-0.25, -0.2) is 4.79 Å². The van der Waals surface area contributed by atoms with Crippen LogP contribution < -0.4 is 16.0 Å². The minimum atomic E-state index is -0.561. The molecule has 0 unspecified atom stereocenters. The van der Waals surface area contributed by atoms with Crippen LogP contribution in [0.15, 0.2) is 48.5 Å². The summed E-state index contributed by atoms with van der Waals surface area (Å²) in [6.07, 6.45) is -0.103. The van der Waals surface area contributed by atoms with Gasteiger partial charge in [0.25, 0.3) is 0 Å². The number of aryl methyl sites for hydroxylation is 1. The maximum absolute atomic E-state index is 11.6. The van der Waals surface area contributed by atoms with Crippen molar-refractivity contribution in [2.24, 2.45) is 5.73 Å². The van der Waals surface area contributed by atoms with Crippen molar-refractivity contribution in [2.75, 3.05) is 6.61 Å². The van der Waals surface area contributed by atoms with E-state index in [1.54, 1.807) is 30.3 Å². The number of carbonyl (C=O) groups is 1. The first-order chi connectivity index (χ1) is 11.0. The Morgan fingerprint density at radius 3 is 2.61 bits per heavy atom. The van der Waals surface area contributed by atoms with Gasteiger partial charge in [0.05, 0.1) is 6.17 Å². The lowest BCUT2D eigenvalue weighted by molar-refractivity contribution is -0.155. The van der Waals surface area contributed by atoms with Gasteiger partial charge in [-0.15, -0.1) is 5.48 Å². The number of aromatic hydroxyl groups is 1. The third kappa shape index (κ3) is 5.61. The highest BCUT2D eigenvalue weighted by Gasteiger charge is 2.09. The second-order valence-corrected chi connectivity index (χ2v) is 5.12. The molecular formula is C17H20N2O4. The first kappa shape index (κ1) is 16.8. The van der Waals surface area contributed by atoms with Gasteiger partial charge in [-0.1, -0.05) is 30.3 Å². The number of phenolic OH excluding ortho intramolecular Hbond substituents is 1. The monoisotopic (exact) mass is 316 g/mol. The predicted molar refractivity (Wildman–Crippen MR) is 85.7 cm³/mol. The van der Waals surface area contributed by atoms with Crippen LogP contribution in [0.2, 0.25) is 0 Å². The van der Waals surface area contributed by atoms with Crippen LogP contribution in [0.3, 0.4) is 0 Å². The second kappa shape index (κ2) is 8.17. The Hall–Kier alpha value is -2.57. The molecule has 0 saturated heterocycles. The normalized spacial score (nSPS) is 11.7. The minimum absolute atomic E-state index is 0.190. The summed E-state index contributed by atoms with van der Waals surface area (Å²) in [7, 11) is 0. The number of rotatable bonds is 7. The lowest BCUT2D eigenvalue weighted by Crippen LogP contribution is -2.41. The molecule has 122 valence electrons. The van der Waals surface area contributed by atoms with Crippen molar-refractivity contribution in [3.63, 3.8) is 0 Å². The van der Waals surface area contributed by atoms with Gasteiger partial charge in [-0.2, -0.15) is 0 Å². The Morgan fingerprint density at radius 2 is 1.91 bits per heavy atom. The van der Waals surface area contributed by atoms with Crippen LogP contribution in [0.4, 0.5) is 0 Å². The van der Waals surface area contributed by atoms with Crippen LogP contribution in [-0.2, 0) is 16.1 Å². The van der Waals surface area contributed by atoms with E-state index in [0.717, 1.165) is 11.1 Å². The van der Waals surface area contributed by atoms with E-state index in [1.807, 2.05) is 25.1 Å². The van der Waals surface area contributed by atoms with Gasteiger partial charge in [-0.3, -0.25) is 0 Å². The van der Waals surface area contributed by atoms with Gasteiger partial charge < -0.3 is 20.4 Å². The first-order valence-electron chi connectivity index (χ1n) is 7.21. The third-order valence-corrected chi connectivity index (χ3v) is 3.16.